The van der Waals surface area contributed by atoms with Crippen LogP contribution in [0.5, 0.6) is 0 Å². The first-order chi connectivity index (χ1) is 8.40. The molecule has 0 aromatic heterocycles. The van der Waals surface area contributed by atoms with Gasteiger partial charge in [0.25, 0.3) is 0 Å². The van der Waals surface area contributed by atoms with Gasteiger partial charge in [0.05, 0.1) is 6.10 Å². The number of aliphatic hydroxyl groups is 1. The van der Waals surface area contributed by atoms with Crippen molar-refractivity contribution in [2.24, 2.45) is 5.92 Å². The maximum atomic E-state index is 9.82. The van der Waals surface area contributed by atoms with Gasteiger partial charge in [0.2, 0.25) is 0 Å². The van der Waals surface area contributed by atoms with Gasteiger partial charge in [-0.05, 0) is 43.0 Å². The van der Waals surface area contributed by atoms with E-state index < -0.39 is 0 Å². The van der Waals surface area contributed by atoms with Gasteiger partial charge in [-0.15, -0.1) is 0 Å². The molecule has 1 aromatic rings. The molecule has 0 amide bonds. The largest absolute Gasteiger partial charge is 0.392 e. The molecule has 0 fully saturated rings. The van der Waals surface area contributed by atoms with Gasteiger partial charge in [0.15, 0.2) is 0 Å². The van der Waals surface area contributed by atoms with Crippen LogP contribution in [0, 0.1) is 5.92 Å². The van der Waals surface area contributed by atoms with E-state index in [0.29, 0.717) is 22.5 Å². The quantitative estimate of drug-likeness (QED) is 0.828. The molecule has 0 saturated carbocycles. The number of aliphatic hydroxyl groups excluding tert-OH is 1. The Morgan fingerprint density at radius 3 is 2.50 bits per heavy atom. The SMILES string of the molecule is CC(C)CC(O)CNC(C)c1cc(Cl)ccc1Cl. The second-order valence-electron chi connectivity index (χ2n) is 5.08. The first-order valence-corrected chi connectivity index (χ1v) is 7.02. The Morgan fingerprint density at radius 2 is 1.89 bits per heavy atom. The lowest BCUT2D eigenvalue weighted by Crippen LogP contribution is -2.30. The van der Waals surface area contributed by atoms with E-state index >= 15 is 0 Å². The Hall–Kier alpha value is -0.280. The summed E-state index contributed by atoms with van der Waals surface area (Å²) in [6.45, 7) is 6.77. The topological polar surface area (TPSA) is 32.3 Å². The van der Waals surface area contributed by atoms with E-state index in [1.54, 1.807) is 12.1 Å². The molecule has 2 atom stereocenters. The van der Waals surface area contributed by atoms with Gasteiger partial charge >= 0.3 is 0 Å². The van der Waals surface area contributed by atoms with E-state index in [-0.39, 0.29) is 12.1 Å². The highest BCUT2D eigenvalue weighted by molar-refractivity contribution is 6.33. The van der Waals surface area contributed by atoms with Gasteiger partial charge < -0.3 is 10.4 Å². The zero-order valence-electron chi connectivity index (χ0n) is 11.1. The normalized spacial score (nSPS) is 14.8. The standard InChI is InChI=1S/C14H21Cl2NO/c1-9(2)6-12(18)8-17-10(3)13-7-11(15)4-5-14(13)16/h4-5,7,9-10,12,17-18H,6,8H2,1-3H3. The smallest absolute Gasteiger partial charge is 0.0667 e. The third-order valence-corrected chi connectivity index (χ3v) is 3.41. The predicted molar refractivity (Wildman–Crippen MR) is 78.3 cm³/mol. The summed E-state index contributed by atoms with van der Waals surface area (Å²) in [6.07, 6.45) is 0.466. The highest BCUT2D eigenvalue weighted by atomic mass is 35.5. The number of halogens is 2. The highest BCUT2D eigenvalue weighted by Gasteiger charge is 2.12. The van der Waals surface area contributed by atoms with Gasteiger partial charge in [-0.1, -0.05) is 37.0 Å². The summed E-state index contributed by atoms with van der Waals surface area (Å²) in [6, 6.07) is 5.49. The second kappa shape index (κ2) is 7.34. The first kappa shape index (κ1) is 15.8. The van der Waals surface area contributed by atoms with Crippen LogP contribution in [-0.4, -0.2) is 17.8 Å². The minimum absolute atomic E-state index is 0.0676. The molecule has 0 bridgehead atoms. The van der Waals surface area contributed by atoms with E-state index in [1.165, 1.54) is 0 Å². The molecule has 0 saturated heterocycles. The highest BCUT2D eigenvalue weighted by Crippen LogP contribution is 2.26. The Kier molecular flexibility index (Phi) is 6.44. The lowest BCUT2D eigenvalue weighted by molar-refractivity contribution is 0.143. The summed E-state index contributed by atoms with van der Waals surface area (Å²) >= 11 is 12.1. The van der Waals surface area contributed by atoms with E-state index in [0.717, 1.165) is 12.0 Å². The summed E-state index contributed by atoms with van der Waals surface area (Å²) in [5.41, 5.74) is 0.959. The van der Waals surface area contributed by atoms with Crippen LogP contribution < -0.4 is 5.32 Å². The first-order valence-electron chi connectivity index (χ1n) is 6.26. The molecule has 0 aliphatic rings. The molecule has 0 aliphatic carbocycles. The van der Waals surface area contributed by atoms with Crippen molar-refractivity contribution < 1.29 is 5.11 Å². The molecule has 2 N–H and O–H groups in total. The van der Waals surface area contributed by atoms with E-state index in [2.05, 4.69) is 19.2 Å². The summed E-state index contributed by atoms with van der Waals surface area (Å²) < 4.78 is 0. The van der Waals surface area contributed by atoms with Gasteiger partial charge in [0.1, 0.15) is 0 Å². The Morgan fingerprint density at radius 1 is 1.22 bits per heavy atom. The third kappa shape index (κ3) is 5.15. The predicted octanol–water partition coefficient (Wildman–Crippen LogP) is 4.05. The molecule has 1 rings (SSSR count). The minimum Gasteiger partial charge on any atom is -0.392 e. The van der Waals surface area contributed by atoms with Crippen LogP contribution in [0.3, 0.4) is 0 Å². The van der Waals surface area contributed by atoms with E-state index in [4.69, 9.17) is 23.2 Å². The third-order valence-electron chi connectivity index (χ3n) is 2.83. The van der Waals surface area contributed by atoms with Crippen LogP contribution in [0.15, 0.2) is 18.2 Å². The molecule has 0 radical (unpaired) electrons. The summed E-state index contributed by atoms with van der Waals surface area (Å²) in [5.74, 6) is 0.492. The van der Waals surface area contributed by atoms with Crippen molar-refractivity contribution in [1.29, 1.82) is 0 Å². The molecule has 18 heavy (non-hydrogen) atoms. The summed E-state index contributed by atoms with van der Waals surface area (Å²) in [4.78, 5) is 0. The molecule has 2 nitrogen and oxygen atoms in total. The van der Waals surface area contributed by atoms with Crippen molar-refractivity contribution in [3.63, 3.8) is 0 Å². The average molecular weight is 290 g/mol. The van der Waals surface area contributed by atoms with Gasteiger partial charge in [-0.3, -0.25) is 0 Å². The van der Waals surface area contributed by atoms with Crippen LogP contribution in [0.25, 0.3) is 0 Å². The number of rotatable bonds is 6. The molecule has 102 valence electrons. The monoisotopic (exact) mass is 289 g/mol. The van der Waals surface area contributed by atoms with Crippen molar-refractivity contribution >= 4 is 23.2 Å². The van der Waals surface area contributed by atoms with Gasteiger partial charge in [-0.25, -0.2) is 0 Å². The maximum absolute atomic E-state index is 9.82. The number of hydrogen-bond acceptors (Lipinski definition) is 2. The second-order valence-corrected chi connectivity index (χ2v) is 5.92. The Bertz CT molecular complexity index is 382. The zero-order valence-corrected chi connectivity index (χ0v) is 12.6. The molecule has 0 spiro atoms. The zero-order chi connectivity index (χ0) is 13.7. The average Bonchev–Trinajstić information content (AvgIpc) is 2.28. The Labute approximate surface area is 119 Å². The molecule has 0 heterocycles. The van der Waals surface area contributed by atoms with Crippen molar-refractivity contribution in [3.05, 3.63) is 33.8 Å². The minimum atomic E-state index is -0.328. The van der Waals surface area contributed by atoms with Crippen LogP contribution in [0.1, 0.15) is 38.8 Å². The van der Waals surface area contributed by atoms with Crippen molar-refractivity contribution in [1.82, 2.24) is 5.32 Å². The fourth-order valence-electron chi connectivity index (χ4n) is 1.90. The maximum Gasteiger partial charge on any atom is 0.0667 e. The molecule has 1 aromatic carbocycles. The molecule has 2 unspecified atom stereocenters. The van der Waals surface area contributed by atoms with Crippen molar-refractivity contribution in [2.75, 3.05) is 6.54 Å². The van der Waals surface area contributed by atoms with E-state index in [9.17, 15) is 5.11 Å². The summed E-state index contributed by atoms with van der Waals surface area (Å²) in [5, 5.41) is 14.5. The Balaban J connectivity index is 2.54. The van der Waals surface area contributed by atoms with Gasteiger partial charge in [-0.2, -0.15) is 0 Å². The van der Waals surface area contributed by atoms with Crippen LogP contribution in [0.2, 0.25) is 10.0 Å². The van der Waals surface area contributed by atoms with E-state index in [1.807, 2.05) is 13.0 Å². The number of benzene rings is 1. The van der Waals surface area contributed by atoms with Crippen molar-refractivity contribution in [2.45, 2.75) is 39.3 Å². The molecule has 0 aliphatic heterocycles. The summed E-state index contributed by atoms with van der Waals surface area (Å²) in [7, 11) is 0. The fourth-order valence-corrected chi connectivity index (χ4v) is 2.36. The molecular weight excluding hydrogens is 269 g/mol. The van der Waals surface area contributed by atoms with Gasteiger partial charge in [0, 0.05) is 22.6 Å². The molecule has 4 heteroatoms. The van der Waals surface area contributed by atoms with Crippen molar-refractivity contribution in [3.8, 4) is 0 Å². The fraction of sp³-hybridized carbons (Fsp3) is 0.571. The molecular formula is C14H21Cl2NO. The number of nitrogens with one attached hydrogen (secondary N) is 1. The van der Waals surface area contributed by atoms with Crippen LogP contribution >= 0.6 is 23.2 Å². The van der Waals surface area contributed by atoms with Crippen LogP contribution in [0.4, 0.5) is 0 Å². The number of hydrogen-bond donors (Lipinski definition) is 2. The lowest BCUT2D eigenvalue weighted by Gasteiger charge is -2.19. The van der Waals surface area contributed by atoms with Crippen LogP contribution in [-0.2, 0) is 0 Å². The lowest BCUT2D eigenvalue weighted by atomic mass is 10.0.